The molecular formula is C9H12O4S. The van der Waals surface area contributed by atoms with E-state index in [2.05, 4.69) is 0 Å². The van der Waals surface area contributed by atoms with Crippen LogP contribution < -0.4 is 0 Å². The maximum absolute atomic E-state index is 10.9. The van der Waals surface area contributed by atoms with Gasteiger partial charge in [-0.3, -0.25) is 0 Å². The van der Waals surface area contributed by atoms with Crippen molar-refractivity contribution in [3.05, 3.63) is 21.9 Å². The summed E-state index contributed by atoms with van der Waals surface area (Å²) in [6, 6.07) is 1.85. The Balaban J connectivity index is 2.78. The summed E-state index contributed by atoms with van der Waals surface area (Å²) in [7, 11) is 0. The summed E-state index contributed by atoms with van der Waals surface area (Å²) in [5.74, 6) is -1.02. The van der Waals surface area contributed by atoms with Gasteiger partial charge in [-0.05, 0) is 23.9 Å². The van der Waals surface area contributed by atoms with Crippen LogP contribution in [0.1, 0.15) is 16.5 Å². The second kappa shape index (κ2) is 5.09. The second-order valence-corrected chi connectivity index (χ2v) is 3.73. The van der Waals surface area contributed by atoms with Gasteiger partial charge in [0, 0.05) is 4.88 Å². The molecule has 0 aliphatic carbocycles. The Bertz CT molecular complexity index is 308. The number of carboxylic acids is 1. The highest BCUT2D eigenvalue weighted by atomic mass is 32.1. The molecule has 1 atom stereocenters. The predicted octanol–water partition coefficient (Wildman–Crippen LogP) is 1.19. The van der Waals surface area contributed by atoms with Crippen LogP contribution in [-0.4, -0.2) is 29.4 Å². The summed E-state index contributed by atoms with van der Waals surface area (Å²) in [5.41, 5.74) is 0.903. The van der Waals surface area contributed by atoms with E-state index in [0.717, 1.165) is 5.56 Å². The van der Waals surface area contributed by atoms with Crippen molar-refractivity contribution in [2.75, 3.05) is 13.2 Å². The molecule has 0 amide bonds. The minimum Gasteiger partial charge on any atom is -0.479 e. The first-order chi connectivity index (χ1) is 6.66. The molecule has 1 aromatic heterocycles. The molecule has 0 fully saturated rings. The zero-order valence-electron chi connectivity index (χ0n) is 7.77. The van der Waals surface area contributed by atoms with Gasteiger partial charge >= 0.3 is 5.97 Å². The molecule has 2 N–H and O–H groups in total. The van der Waals surface area contributed by atoms with Crippen molar-refractivity contribution in [2.45, 2.75) is 13.0 Å². The van der Waals surface area contributed by atoms with Crippen LogP contribution in [0.5, 0.6) is 0 Å². The summed E-state index contributed by atoms with van der Waals surface area (Å²) < 4.78 is 5.04. The maximum Gasteiger partial charge on any atom is 0.338 e. The first kappa shape index (κ1) is 11.2. The van der Waals surface area contributed by atoms with Crippen LogP contribution in [0.2, 0.25) is 0 Å². The van der Waals surface area contributed by atoms with Gasteiger partial charge < -0.3 is 14.9 Å². The number of thiophene rings is 1. The Morgan fingerprint density at radius 3 is 2.86 bits per heavy atom. The summed E-state index contributed by atoms with van der Waals surface area (Å²) in [4.78, 5) is 11.5. The van der Waals surface area contributed by atoms with Gasteiger partial charge in [-0.25, -0.2) is 4.79 Å². The molecule has 0 spiro atoms. The smallest absolute Gasteiger partial charge is 0.338 e. The number of aliphatic carboxylic acids is 1. The third-order valence-electron chi connectivity index (χ3n) is 1.74. The molecule has 1 heterocycles. The Labute approximate surface area is 85.8 Å². The molecule has 1 unspecified atom stereocenters. The van der Waals surface area contributed by atoms with E-state index in [1.165, 1.54) is 11.3 Å². The zero-order valence-corrected chi connectivity index (χ0v) is 8.58. The van der Waals surface area contributed by atoms with E-state index in [9.17, 15) is 4.79 Å². The average Bonchev–Trinajstić information content (AvgIpc) is 2.52. The summed E-state index contributed by atoms with van der Waals surface area (Å²) in [6.07, 6.45) is -0.956. The normalized spacial score (nSPS) is 12.7. The minimum atomic E-state index is -1.02. The molecule has 0 aliphatic heterocycles. The van der Waals surface area contributed by atoms with Crippen molar-refractivity contribution in [2.24, 2.45) is 0 Å². The van der Waals surface area contributed by atoms with Crippen molar-refractivity contribution in [1.82, 2.24) is 0 Å². The van der Waals surface area contributed by atoms with Crippen molar-refractivity contribution < 1.29 is 19.7 Å². The number of carboxylic acid groups (broad SMARTS) is 1. The first-order valence-electron chi connectivity index (χ1n) is 4.16. The Morgan fingerprint density at radius 2 is 2.43 bits per heavy atom. The molecule has 1 aromatic rings. The van der Waals surface area contributed by atoms with Crippen molar-refractivity contribution in [3.63, 3.8) is 0 Å². The van der Waals surface area contributed by atoms with Crippen molar-refractivity contribution >= 4 is 17.3 Å². The van der Waals surface area contributed by atoms with Crippen molar-refractivity contribution in [1.29, 1.82) is 0 Å². The van der Waals surface area contributed by atoms with Gasteiger partial charge in [0.05, 0.1) is 13.2 Å². The molecule has 1 rings (SSSR count). The van der Waals surface area contributed by atoms with E-state index in [-0.39, 0.29) is 13.2 Å². The maximum atomic E-state index is 10.9. The minimum absolute atomic E-state index is 0.0360. The number of aliphatic hydroxyl groups is 1. The molecular weight excluding hydrogens is 204 g/mol. The Morgan fingerprint density at radius 1 is 1.71 bits per heavy atom. The number of hydrogen-bond donors (Lipinski definition) is 2. The Kier molecular flexibility index (Phi) is 4.06. The highest BCUT2D eigenvalue weighted by Crippen LogP contribution is 2.26. The van der Waals surface area contributed by atoms with E-state index < -0.39 is 12.1 Å². The number of rotatable bonds is 5. The highest BCUT2D eigenvalue weighted by molar-refractivity contribution is 7.10. The molecule has 5 heteroatoms. The van der Waals surface area contributed by atoms with Gasteiger partial charge in [-0.2, -0.15) is 0 Å². The van der Waals surface area contributed by atoms with Crippen LogP contribution in [-0.2, 0) is 9.53 Å². The first-order valence-corrected chi connectivity index (χ1v) is 5.04. The zero-order chi connectivity index (χ0) is 10.6. The third-order valence-corrected chi connectivity index (χ3v) is 2.80. The molecule has 4 nitrogen and oxygen atoms in total. The van der Waals surface area contributed by atoms with Crippen LogP contribution in [0.15, 0.2) is 11.4 Å². The van der Waals surface area contributed by atoms with Crippen LogP contribution in [0, 0.1) is 6.92 Å². The van der Waals surface area contributed by atoms with E-state index in [1.807, 2.05) is 18.4 Å². The predicted molar refractivity (Wildman–Crippen MR) is 52.5 cm³/mol. The quantitative estimate of drug-likeness (QED) is 0.776. The topological polar surface area (TPSA) is 66.8 Å². The van der Waals surface area contributed by atoms with Crippen LogP contribution in [0.25, 0.3) is 0 Å². The average molecular weight is 216 g/mol. The number of aliphatic hydroxyl groups excluding tert-OH is 1. The fourth-order valence-corrected chi connectivity index (χ4v) is 2.05. The summed E-state index contributed by atoms with van der Waals surface area (Å²) in [5, 5.41) is 19.3. The van der Waals surface area contributed by atoms with E-state index >= 15 is 0 Å². The number of carbonyl (C=O) groups is 1. The largest absolute Gasteiger partial charge is 0.479 e. The molecule has 0 aliphatic rings. The number of hydrogen-bond acceptors (Lipinski definition) is 4. The van der Waals surface area contributed by atoms with Crippen LogP contribution in [0.3, 0.4) is 0 Å². The standard InChI is InChI=1S/C9H12O4S/c1-6-2-5-14-8(6)7(9(11)12)13-4-3-10/h2,5,7,10H,3-4H2,1H3,(H,11,12). The lowest BCUT2D eigenvalue weighted by atomic mass is 10.2. The lowest BCUT2D eigenvalue weighted by Gasteiger charge is -2.11. The summed E-state index contributed by atoms with van der Waals surface area (Å²) >= 11 is 1.35. The third kappa shape index (κ3) is 2.54. The van der Waals surface area contributed by atoms with Crippen LogP contribution in [0.4, 0.5) is 0 Å². The van der Waals surface area contributed by atoms with E-state index in [1.54, 1.807) is 0 Å². The van der Waals surface area contributed by atoms with Crippen molar-refractivity contribution in [3.8, 4) is 0 Å². The lowest BCUT2D eigenvalue weighted by Crippen LogP contribution is -2.16. The SMILES string of the molecule is Cc1ccsc1C(OCCO)C(=O)O. The molecule has 0 radical (unpaired) electrons. The molecule has 14 heavy (non-hydrogen) atoms. The molecule has 0 aromatic carbocycles. The summed E-state index contributed by atoms with van der Waals surface area (Å²) in [6.45, 7) is 1.70. The highest BCUT2D eigenvalue weighted by Gasteiger charge is 2.23. The molecule has 0 saturated carbocycles. The fourth-order valence-electron chi connectivity index (χ4n) is 1.08. The fraction of sp³-hybridized carbons (Fsp3) is 0.444. The van der Waals surface area contributed by atoms with E-state index in [4.69, 9.17) is 14.9 Å². The number of aryl methyl sites for hydroxylation is 1. The number of ether oxygens (including phenoxy) is 1. The van der Waals surface area contributed by atoms with Gasteiger partial charge in [0.1, 0.15) is 0 Å². The van der Waals surface area contributed by atoms with Crippen LogP contribution >= 0.6 is 11.3 Å². The molecule has 78 valence electrons. The molecule has 0 saturated heterocycles. The van der Waals surface area contributed by atoms with Gasteiger partial charge in [0.15, 0.2) is 6.10 Å². The van der Waals surface area contributed by atoms with Gasteiger partial charge in [-0.15, -0.1) is 11.3 Å². The molecule has 0 bridgehead atoms. The lowest BCUT2D eigenvalue weighted by molar-refractivity contribution is -0.151. The van der Waals surface area contributed by atoms with Gasteiger partial charge in [0.25, 0.3) is 0 Å². The van der Waals surface area contributed by atoms with E-state index in [0.29, 0.717) is 4.88 Å². The Hall–Kier alpha value is -0.910. The van der Waals surface area contributed by atoms with Gasteiger partial charge in [0.2, 0.25) is 0 Å². The monoisotopic (exact) mass is 216 g/mol. The second-order valence-electron chi connectivity index (χ2n) is 2.78. The van der Waals surface area contributed by atoms with Gasteiger partial charge in [-0.1, -0.05) is 0 Å².